The molecule has 0 saturated carbocycles. The van der Waals surface area contributed by atoms with Gasteiger partial charge in [0, 0.05) is 6.42 Å². The van der Waals surface area contributed by atoms with Gasteiger partial charge in [-0.25, -0.2) is 4.57 Å². The third kappa shape index (κ3) is 5.13. The zero-order chi connectivity index (χ0) is 10.2. The molecule has 0 atom stereocenters. The standard InChI is InChI=1S/C8H11O4P/c1-4-7-8-12-13(9,10-5-2)11-6-3/h1,5-6H,2-3,7-8H2. The molecule has 0 radical (unpaired) electrons. The van der Waals surface area contributed by atoms with Gasteiger partial charge in [0.1, 0.15) is 0 Å². The molecule has 0 heterocycles. The molecule has 4 nitrogen and oxygen atoms in total. The van der Waals surface area contributed by atoms with Gasteiger partial charge < -0.3 is 9.05 Å². The van der Waals surface area contributed by atoms with Crippen LogP contribution >= 0.6 is 7.82 Å². The smallest absolute Gasteiger partial charge is 0.404 e. The fraction of sp³-hybridized carbons (Fsp3) is 0.250. The van der Waals surface area contributed by atoms with Crippen LogP contribution in [-0.4, -0.2) is 6.61 Å². The van der Waals surface area contributed by atoms with Crippen LogP contribution in [0.1, 0.15) is 6.42 Å². The maximum Gasteiger partial charge on any atom is 0.586 e. The van der Waals surface area contributed by atoms with Crippen molar-refractivity contribution in [2.45, 2.75) is 6.42 Å². The first-order valence-corrected chi connectivity index (χ1v) is 4.91. The van der Waals surface area contributed by atoms with Gasteiger partial charge in [0.05, 0.1) is 19.1 Å². The third-order valence-electron chi connectivity index (χ3n) is 0.903. The molecule has 0 saturated heterocycles. The second kappa shape index (κ2) is 6.36. The van der Waals surface area contributed by atoms with Crippen LogP contribution in [0.2, 0.25) is 0 Å². The number of phosphoric acid groups is 1. The summed E-state index contributed by atoms with van der Waals surface area (Å²) >= 11 is 0. The van der Waals surface area contributed by atoms with E-state index in [1.165, 1.54) is 0 Å². The first-order valence-electron chi connectivity index (χ1n) is 3.45. The van der Waals surface area contributed by atoms with Gasteiger partial charge in [-0.3, -0.25) is 4.52 Å². The third-order valence-corrected chi connectivity index (χ3v) is 2.22. The zero-order valence-corrected chi connectivity index (χ0v) is 8.04. The van der Waals surface area contributed by atoms with E-state index in [1.54, 1.807) is 0 Å². The molecule has 0 fully saturated rings. The maximum absolute atomic E-state index is 11.4. The first kappa shape index (κ1) is 11.8. The SMILES string of the molecule is C#CCCOP(=O)(OC=C)OC=C. The van der Waals surface area contributed by atoms with E-state index in [4.69, 9.17) is 10.9 Å². The van der Waals surface area contributed by atoms with Crippen LogP contribution in [0.4, 0.5) is 0 Å². The lowest BCUT2D eigenvalue weighted by atomic mass is 10.5. The normalized spacial score (nSPS) is 9.77. The second-order valence-electron chi connectivity index (χ2n) is 1.78. The Hall–Kier alpha value is -1.17. The molecule has 0 aliphatic carbocycles. The van der Waals surface area contributed by atoms with Crippen LogP contribution in [0.3, 0.4) is 0 Å². The molecule has 0 N–H and O–H groups in total. The lowest BCUT2D eigenvalue weighted by molar-refractivity contribution is 0.183. The van der Waals surface area contributed by atoms with Gasteiger partial charge in [0.2, 0.25) is 0 Å². The molecule has 0 aromatic rings. The summed E-state index contributed by atoms with van der Waals surface area (Å²) in [5.74, 6) is 2.32. The van der Waals surface area contributed by atoms with Crippen molar-refractivity contribution in [2.75, 3.05) is 6.61 Å². The molecule has 72 valence electrons. The van der Waals surface area contributed by atoms with E-state index in [0.29, 0.717) is 6.42 Å². The summed E-state index contributed by atoms with van der Waals surface area (Å²) < 4.78 is 25.3. The van der Waals surface area contributed by atoms with E-state index >= 15 is 0 Å². The number of terminal acetylenes is 1. The largest absolute Gasteiger partial charge is 0.586 e. The van der Waals surface area contributed by atoms with Crippen LogP contribution in [0.25, 0.3) is 0 Å². The van der Waals surface area contributed by atoms with E-state index in [-0.39, 0.29) is 6.61 Å². The van der Waals surface area contributed by atoms with Crippen LogP contribution in [-0.2, 0) is 18.1 Å². The molecule has 0 aromatic heterocycles. The Morgan fingerprint density at radius 2 is 1.92 bits per heavy atom. The van der Waals surface area contributed by atoms with Gasteiger partial charge in [-0.2, -0.15) is 0 Å². The molecular weight excluding hydrogens is 191 g/mol. The average molecular weight is 202 g/mol. The van der Waals surface area contributed by atoms with Crippen molar-refractivity contribution < 1.29 is 18.1 Å². The summed E-state index contributed by atoms with van der Waals surface area (Å²) in [5.41, 5.74) is 0. The highest BCUT2D eigenvalue weighted by atomic mass is 31.2. The molecule has 13 heavy (non-hydrogen) atoms. The molecule has 0 unspecified atom stereocenters. The van der Waals surface area contributed by atoms with Crippen molar-refractivity contribution in [3.05, 3.63) is 25.7 Å². The lowest BCUT2D eigenvalue weighted by Crippen LogP contribution is -1.95. The Morgan fingerprint density at radius 1 is 1.38 bits per heavy atom. The first-order chi connectivity index (χ1) is 6.18. The second-order valence-corrected chi connectivity index (χ2v) is 3.35. The summed E-state index contributed by atoms with van der Waals surface area (Å²) in [5, 5.41) is 0. The number of rotatable bonds is 7. The van der Waals surface area contributed by atoms with E-state index in [1.807, 2.05) is 0 Å². The van der Waals surface area contributed by atoms with Crippen molar-refractivity contribution in [1.82, 2.24) is 0 Å². The van der Waals surface area contributed by atoms with Gasteiger partial charge in [0.25, 0.3) is 0 Å². The quantitative estimate of drug-likeness (QED) is 0.275. The van der Waals surface area contributed by atoms with Crippen molar-refractivity contribution in [1.29, 1.82) is 0 Å². The molecule has 0 amide bonds. The van der Waals surface area contributed by atoms with Crippen LogP contribution in [0.5, 0.6) is 0 Å². The molecule has 0 spiro atoms. The van der Waals surface area contributed by atoms with E-state index in [2.05, 4.69) is 28.1 Å². The fourth-order valence-corrected chi connectivity index (χ4v) is 1.34. The molecule has 0 aliphatic rings. The molecule has 0 aliphatic heterocycles. The monoisotopic (exact) mass is 202 g/mol. The number of phosphoric ester groups is 1. The zero-order valence-electron chi connectivity index (χ0n) is 7.14. The highest BCUT2D eigenvalue weighted by molar-refractivity contribution is 7.48. The minimum Gasteiger partial charge on any atom is -0.404 e. The Morgan fingerprint density at radius 3 is 2.31 bits per heavy atom. The maximum atomic E-state index is 11.4. The summed E-state index contributed by atoms with van der Waals surface area (Å²) in [6.45, 7) is 6.55. The molecule has 0 rings (SSSR count). The van der Waals surface area contributed by atoms with E-state index in [0.717, 1.165) is 12.5 Å². The van der Waals surface area contributed by atoms with E-state index in [9.17, 15) is 4.57 Å². The lowest BCUT2D eigenvalue weighted by Gasteiger charge is -2.13. The van der Waals surface area contributed by atoms with Gasteiger partial charge in [0.15, 0.2) is 0 Å². The Kier molecular flexibility index (Phi) is 5.79. The molecule has 5 heteroatoms. The Balaban J connectivity index is 4.08. The summed E-state index contributed by atoms with van der Waals surface area (Å²) in [6, 6.07) is 0. The van der Waals surface area contributed by atoms with Gasteiger partial charge >= 0.3 is 7.82 Å². The fourth-order valence-electron chi connectivity index (χ4n) is 0.485. The van der Waals surface area contributed by atoms with Gasteiger partial charge in [-0.15, -0.1) is 12.3 Å². The van der Waals surface area contributed by atoms with Crippen LogP contribution in [0, 0.1) is 12.3 Å². The Bertz CT molecular complexity index is 239. The summed E-state index contributed by atoms with van der Waals surface area (Å²) in [4.78, 5) is 0. The highest BCUT2D eigenvalue weighted by Crippen LogP contribution is 2.49. The van der Waals surface area contributed by atoms with Gasteiger partial charge in [-0.1, -0.05) is 13.2 Å². The van der Waals surface area contributed by atoms with Gasteiger partial charge in [-0.05, 0) is 0 Å². The summed E-state index contributed by atoms with van der Waals surface area (Å²) in [7, 11) is -3.58. The topological polar surface area (TPSA) is 44.8 Å². The Labute approximate surface area is 77.8 Å². The average Bonchev–Trinajstić information content (AvgIpc) is 2.05. The minimum atomic E-state index is -3.58. The van der Waals surface area contributed by atoms with Crippen molar-refractivity contribution >= 4 is 7.82 Å². The predicted octanol–water partition coefficient (Wildman–Crippen LogP) is 2.45. The van der Waals surface area contributed by atoms with Crippen molar-refractivity contribution in [2.24, 2.45) is 0 Å². The number of hydrogen-bond donors (Lipinski definition) is 0. The van der Waals surface area contributed by atoms with Crippen molar-refractivity contribution in [3.8, 4) is 12.3 Å². The minimum absolute atomic E-state index is 0.0927. The van der Waals surface area contributed by atoms with Crippen LogP contribution < -0.4 is 0 Å². The molecule has 0 aromatic carbocycles. The highest BCUT2D eigenvalue weighted by Gasteiger charge is 2.26. The predicted molar refractivity (Wildman–Crippen MR) is 49.6 cm³/mol. The molecule has 0 bridgehead atoms. The van der Waals surface area contributed by atoms with Crippen molar-refractivity contribution in [3.63, 3.8) is 0 Å². The molecular formula is C8H11O4P. The van der Waals surface area contributed by atoms with E-state index < -0.39 is 7.82 Å². The number of hydrogen-bond acceptors (Lipinski definition) is 4. The summed E-state index contributed by atoms with van der Waals surface area (Å²) in [6.07, 6.45) is 7.23. The van der Waals surface area contributed by atoms with Crippen LogP contribution in [0.15, 0.2) is 25.7 Å².